The first-order valence-electron chi connectivity index (χ1n) is 11.2. The molecule has 0 spiro atoms. The van der Waals surface area contributed by atoms with Gasteiger partial charge in [-0.3, -0.25) is 14.8 Å². The number of benzene rings is 2. The molecule has 3 N–H and O–H groups in total. The molecular formula is C24H22N6O3S2. The SMILES string of the molecule is O=C(Nc1cc(-c2cccc3[nH]ccc23)cc2[nH]ncc12)c1csc(CN2CCS(=O)(=O)CC2)n1. The molecular weight excluding hydrogens is 484 g/mol. The van der Waals surface area contributed by atoms with Crippen molar-refractivity contribution in [2.75, 3.05) is 29.9 Å². The lowest BCUT2D eigenvalue weighted by Crippen LogP contribution is -2.39. The largest absolute Gasteiger partial charge is 0.361 e. The van der Waals surface area contributed by atoms with E-state index in [0.29, 0.717) is 31.0 Å². The van der Waals surface area contributed by atoms with Gasteiger partial charge in [-0.2, -0.15) is 5.10 Å². The van der Waals surface area contributed by atoms with Crippen LogP contribution in [0.3, 0.4) is 0 Å². The molecule has 9 nitrogen and oxygen atoms in total. The van der Waals surface area contributed by atoms with Gasteiger partial charge in [-0.1, -0.05) is 12.1 Å². The van der Waals surface area contributed by atoms with Crippen molar-refractivity contribution in [2.45, 2.75) is 6.54 Å². The van der Waals surface area contributed by atoms with E-state index in [1.54, 1.807) is 11.6 Å². The van der Waals surface area contributed by atoms with Crippen molar-refractivity contribution < 1.29 is 13.2 Å². The molecule has 0 atom stereocenters. The number of aromatic amines is 2. The normalized spacial score (nSPS) is 16.1. The molecule has 2 aromatic carbocycles. The number of rotatable bonds is 5. The zero-order valence-corrected chi connectivity index (χ0v) is 20.2. The highest BCUT2D eigenvalue weighted by molar-refractivity contribution is 7.91. The molecule has 11 heteroatoms. The van der Waals surface area contributed by atoms with Gasteiger partial charge in [0.25, 0.3) is 5.91 Å². The number of carbonyl (C=O) groups excluding carboxylic acids is 1. The number of nitrogens with zero attached hydrogens (tertiary/aromatic N) is 3. The lowest BCUT2D eigenvalue weighted by atomic mass is 9.99. The molecule has 1 aliphatic heterocycles. The van der Waals surface area contributed by atoms with Crippen LogP contribution in [0.25, 0.3) is 32.9 Å². The van der Waals surface area contributed by atoms with Crippen molar-refractivity contribution >= 4 is 54.6 Å². The fraction of sp³-hybridized carbons (Fsp3) is 0.208. The van der Waals surface area contributed by atoms with Gasteiger partial charge >= 0.3 is 0 Å². The summed E-state index contributed by atoms with van der Waals surface area (Å²) in [5.41, 5.74) is 4.86. The van der Waals surface area contributed by atoms with Crippen molar-refractivity contribution in [3.8, 4) is 11.1 Å². The number of hydrogen-bond donors (Lipinski definition) is 3. The Bertz CT molecular complexity index is 1650. The Balaban J connectivity index is 1.25. The van der Waals surface area contributed by atoms with Crippen LogP contribution in [0.1, 0.15) is 15.5 Å². The molecule has 0 aliphatic carbocycles. The Morgan fingerprint density at radius 2 is 1.97 bits per heavy atom. The monoisotopic (exact) mass is 506 g/mol. The molecule has 0 unspecified atom stereocenters. The van der Waals surface area contributed by atoms with E-state index >= 15 is 0 Å². The zero-order valence-electron chi connectivity index (χ0n) is 18.6. The minimum Gasteiger partial charge on any atom is -0.361 e. The van der Waals surface area contributed by atoms with Crippen LogP contribution in [0.2, 0.25) is 0 Å². The van der Waals surface area contributed by atoms with E-state index in [2.05, 4.69) is 36.4 Å². The minimum atomic E-state index is -2.93. The topological polar surface area (TPSA) is 124 Å². The first kappa shape index (κ1) is 22.0. The van der Waals surface area contributed by atoms with Crippen LogP contribution >= 0.6 is 11.3 Å². The summed E-state index contributed by atoms with van der Waals surface area (Å²) in [4.78, 5) is 22.9. The number of anilines is 1. The summed E-state index contributed by atoms with van der Waals surface area (Å²) in [7, 11) is -2.93. The van der Waals surface area contributed by atoms with Crippen molar-refractivity contribution in [3.63, 3.8) is 0 Å². The second kappa shape index (κ2) is 8.59. The number of aromatic nitrogens is 4. The minimum absolute atomic E-state index is 0.166. The Morgan fingerprint density at radius 3 is 2.83 bits per heavy atom. The van der Waals surface area contributed by atoms with Gasteiger partial charge in [-0.15, -0.1) is 11.3 Å². The number of thiazole rings is 1. The van der Waals surface area contributed by atoms with Crippen LogP contribution in [-0.4, -0.2) is 64.0 Å². The molecule has 1 fully saturated rings. The van der Waals surface area contributed by atoms with Crippen LogP contribution in [-0.2, 0) is 16.4 Å². The fourth-order valence-corrected chi connectivity index (χ4v) is 6.51. The summed E-state index contributed by atoms with van der Waals surface area (Å²) in [6.45, 7) is 1.51. The first-order chi connectivity index (χ1) is 16.9. The molecule has 3 aromatic heterocycles. The van der Waals surface area contributed by atoms with E-state index in [-0.39, 0.29) is 17.4 Å². The van der Waals surface area contributed by atoms with E-state index in [1.165, 1.54) is 11.3 Å². The van der Waals surface area contributed by atoms with Gasteiger partial charge in [-0.25, -0.2) is 13.4 Å². The highest BCUT2D eigenvalue weighted by Gasteiger charge is 2.23. The quantitative estimate of drug-likeness (QED) is 0.334. The Kier molecular flexibility index (Phi) is 5.39. The van der Waals surface area contributed by atoms with Gasteiger partial charge < -0.3 is 10.3 Å². The Morgan fingerprint density at radius 1 is 1.11 bits per heavy atom. The van der Waals surface area contributed by atoms with Crippen molar-refractivity contribution in [1.82, 2.24) is 25.1 Å². The van der Waals surface area contributed by atoms with Crippen molar-refractivity contribution in [3.05, 3.63) is 64.9 Å². The molecule has 0 radical (unpaired) electrons. The number of amides is 1. The van der Waals surface area contributed by atoms with E-state index in [1.807, 2.05) is 36.5 Å². The second-order valence-corrected chi connectivity index (χ2v) is 11.9. The lowest BCUT2D eigenvalue weighted by Gasteiger charge is -2.25. The number of H-pyrrole nitrogens is 2. The maximum absolute atomic E-state index is 13.1. The summed E-state index contributed by atoms with van der Waals surface area (Å²) in [5.74, 6) is 0.0339. The molecule has 4 heterocycles. The Labute approximate surface area is 205 Å². The smallest absolute Gasteiger partial charge is 0.275 e. The van der Waals surface area contributed by atoms with Gasteiger partial charge in [0.2, 0.25) is 0 Å². The average molecular weight is 507 g/mol. The van der Waals surface area contributed by atoms with E-state index in [9.17, 15) is 13.2 Å². The number of sulfone groups is 1. The standard InChI is InChI=1S/C24H22N6O3S2/c31-24(22-14-34-23(27-22)13-30-6-8-35(32,33)9-7-30)28-20-10-15(11-21-18(20)12-26-29-21)16-2-1-3-19-17(16)4-5-25-19/h1-5,10-12,14,25H,6-9,13H2,(H,26,29)(H,28,31). The van der Waals surface area contributed by atoms with E-state index in [0.717, 1.165) is 37.9 Å². The summed E-state index contributed by atoms with van der Waals surface area (Å²) in [6.07, 6.45) is 3.61. The van der Waals surface area contributed by atoms with Crippen molar-refractivity contribution in [2.24, 2.45) is 0 Å². The maximum atomic E-state index is 13.1. The molecule has 0 bridgehead atoms. The number of carbonyl (C=O) groups is 1. The van der Waals surface area contributed by atoms with Crippen LogP contribution in [0, 0.1) is 0 Å². The summed E-state index contributed by atoms with van der Waals surface area (Å²) < 4.78 is 23.3. The molecule has 1 amide bonds. The van der Waals surface area contributed by atoms with Gasteiger partial charge in [0, 0.05) is 41.0 Å². The third-order valence-electron chi connectivity index (χ3n) is 6.29. The van der Waals surface area contributed by atoms with Crippen LogP contribution in [0.5, 0.6) is 0 Å². The molecule has 1 aliphatic rings. The molecule has 35 heavy (non-hydrogen) atoms. The third kappa shape index (κ3) is 4.33. The van der Waals surface area contributed by atoms with E-state index < -0.39 is 9.84 Å². The second-order valence-electron chi connectivity index (χ2n) is 8.61. The van der Waals surface area contributed by atoms with Crippen LogP contribution in [0.15, 0.2) is 54.2 Å². The highest BCUT2D eigenvalue weighted by atomic mass is 32.2. The van der Waals surface area contributed by atoms with E-state index in [4.69, 9.17) is 0 Å². The van der Waals surface area contributed by atoms with Crippen LogP contribution in [0.4, 0.5) is 5.69 Å². The molecule has 178 valence electrons. The van der Waals surface area contributed by atoms with Gasteiger partial charge in [-0.05, 0) is 35.4 Å². The number of fused-ring (bicyclic) bond motifs is 2. The molecule has 0 saturated carbocycles. The van der Waals surface area contributed by atoms with Gasteiger partial charge in [0.15, 0.2) is 9.84 Å². The summed E-state index contributed by atoms with van der Waals surface area (Å²) in [5, 5.41) is 14.6. The fourth-order valence-electron chi connectivity index (χ4n) is 4.42. The predicted molar refractivity (Wildman–Crippen MR) is 137 cm³/mol. The predicted octanol–water partition coefficient (Wildman–Crippen LogP) is 3.65. The summed E-state index contributed by atoms with van der Waals surface area (Å²) in [6, 6.07) is 12.1. The molecule has 5 aromatic rings. The maximum Gasteiger partial charge on any atom is 0.275 e. The molecule has 6 rings (SSSR count). The average Bonchev–Trinajstić information content (AvgIpc) is 3.60. The van der Waals surface area contributed by atoms with Crippen molar-refractivity contribution in [1.29, 1.82) is 0 Å². The number of hydrogen-bond acceptors (Lipinski definition) is 7. The number of nitrogens with one attached hydrogen (secondary N) is 3. The third-order valence-corrected chi connectivity index (χ3v) is 8.74. The summed E-state index contributed by atoms with van der Waals surface area (Å²) >= 11 is 1.40. The zero-order chi connectivity index (χ0) is 24.0. The first-order valence-corrected chi connectivity index (χ1v) is 13.9. The lowest BCUT2D eigenvalue weighted by molar-refractivity contribution is 0.102. The van der Waals surface area contributed by atoms with Crippen LogP contribution < -0.4 is 5.32 Å². The van der Waals surface area contributed by atoms with Gasteiger partial charge in [0.05, 0.1) is 35.5 Å². The highest BCUT2D eigenvalue weighted by Crippen LogP contribution is 2.34. The molecule has 1 saturated heterocycles. The Hall–Kier alpha value is -3.54. The van der Waals surface area contributed by atoms with Gasteiger partial charge in [0.1, 0.15) is 10.7 Å².